The Morgan fingerprint density at radius 2 is 2.14 bits per heavy atom. The number of anilines is 1. The SMILES string of the molecule is Cc1ncc(N(C)CCC#N)nc1C. The second kappa shape index (κ2) is 4.56. The van der Waals surface area contributed by atoms with Crippen LogP contribution in [0, 0.1) is 25.2 Å². The molecule has 0 amide bonds. The molecular weight excluding hydrogens is 176 g/mol. The molecule has 0 aliphatic heterocycles. The van der Waals surface area contributed by atoms with Crippen LogP contribution in [-0.4, -0.2) is 23.6 Å². The van der Waals surface area contributed by atoms with Gasteiger partial charge in [-0.2, -0.15) is 5.26 Å². The van der Waals surface area contributed by atoms with Crippen LogP contribution in [0.5, 0.6) is 0 Å². The van der Waals surface area contributed by atoms with Crippen LogP contribution in [-0.2, 0) is 0 Å². The second-order valence-electron chi connectivity index (χ2n) is 3.23. The minimum Gasteiger partial charge on any atom is -0.357 e. The van der Waals surface area contributed by atoms with E-state index < -0.39 is 0 Å². The second-order valence-corrected chi connectivity index (χ2v) is 3.23. The molecule has 14 heavy (non-hydrogen) atoms. The average Bonchev–Trinajstić information content (AvgIpc) is 2.18. The average molecular weight is 190 g/mol. The van der Waals surface area contributed by atoms with Gasteiger partial charge in [0.1, 0.15) is 5.82 Å². The standard InChI is InChI=1S/C10H14N4/c1-8-9(2)13-10(7-12-8)14(3)6-4-5-11/h7H,4,6H2,1-3H3. The van der Waals surface area contributed by atoms with Crippen LogP contribution in [0.15, 0.2) is 6.20 Å². The maximum absolute atomic E-state index is 8.45. The van der Waals surface area contributed by atoms with Gasteiger partial charge in [-0.15, -0.1) is 0 Å². The van der Waals surface area contributed by atoms with Crippen molar-refractivity contribution in [3.05, 3.63) is 17.6 Å². The Labute approximate surface area is 84.2 Å². The van der Waals surface area contributed by atoms with E-state index in [1.54, 1.807) is 6.20 Å². The van der Waals surface area contributed by atoms with Crippen molar-refractivity contribution in [1.29, 1.82) is 5.26 Å². The van der Waals surface area contributed by atoms with E-state index in [0.717, 1.165) is 17.2 Å². The lowest BCUT2D eigenvalue weighted by atomic mass is 10.3. The predicted molar refractivity (Wildman–Crippen MR) is 55.0 cm³/mol. The summed E-state index contributed by atoms with van der Waals surface area (Å²) >= 11 is 0. The van der Waals surface area contributed by atoms with Crippen LogP contribution < -0.4 is 4.90 Å². The summed E-state index contributed by atoms with van der Waals surface area (Å²) in [6, 6.07) is 2.10. The molecule has 4 heteroatoms. The highest BCUT2D eigenvalue weighted by Crippen LogP contribution is 2.09. The Morgan fingerprint density at radius 1 is 1.43 bits per heavy atom. The Kier molecular flexibility index (Phi) is 3.41. The van der Waals surface area contributed by atoms with Gasteiger partial charge in [-0.25, -0.2) is 4.98 Å². The molecule has 0 aliphatic rings. The summed E-state index contributed by atoms with van der Waals surface area (Å²) in [6.45, 7) is 4.55. The van der Waals surface area contributed by atoms with Crippen molar-refractivity contribution in [3.8, 4) is 6.07 Å². The van der Waals surface area contributed by atoms with Gasteiger partial charge in [-0.1, -0.05) is 0 Å². The van der Waals surface area contributed by atoms with Gasteiger partial charge in [0.15, 0.2) is 0 Å². The molecule has 0 aromatic carbocycles. The topological polar surface area (TPSA) is 52.8 Å². The van der Waals surface area contributed by atoms with E-state index in [0.29, 0.717) is 13.0 Å². The number of hydrogen-bond acceptors (Lipinski definition) is 4. The maximum Gasteiger partial charge on any atom is 0.147 e. The zero-order valence-electron chi connectivity index (χ0n) is 8.78. The number of aromatic nitrogens is 2. The van der Waals surface area contributed by atoms with Gasteiger partial charge in [-0.3, -0.25) is 4.98 Å². The van der Waals surface area contributed by atoms with Crippen molar-refractivity contribution in [2.75, 3.05) is 18.5 Å². The molecule has 0 saturated carbocycles. The third-order valence-corrected chi connectivity index (χ3v) is 2.13. The monoisotopic (exact) mass is 190 g/mol. The molecule has 0 spiro atoms. The van der Waals surface area contributed by atoms with Gasteiger partial charge in [-0.05, 0) is 13.8 Å². The summed E-state index contributed by atoms with van der Waals surface area (Å²) in [5.41, 5.74) is 1.88. The van der Waals surface area contributed by atoms with Gasteiger partial charge >= 0.3 is 0 Å². The fraction of sp³-hybridized carbons (Fsp3) is 0.500. The van der Waals surface area contributed by atoms with Crippen LogP contribution in [0.3, 0.4) is 0 Å². The summed E-state index contributed by atoms with van der Waals surface area (Å²) in [6.07, 6.45) is 2.24. The van der Waals surface area contributed by atoms with E-state index in [2.05, 4.69) is 16.0 Å². The van der Waals surface area contributed by atoms with Crippen LogP contribution in [0.2, 0.25) is 0 Å². The van der Waals surface area contributed by atoms with E-state index in [9.17, 15) is 0 Å². The quantitative estimate of drug-likeness (QED) is 0.723. The van der Waals surface area contributed by atoms with Crippen LogP contribution in [0.25, 0.3) is 0 Å². The minimum atomic E-state index is 0.505. The summed E-state index contributed by atoms with van der Waals surface area (Å²) < 4.78 is 0. The maximum atomic E-state index is 8.45. The van der Waals surface area contributed by atoms with Gasteiger partial charge in [0.25, 0.3) is 0 Å². The summed E-state index contributed by atoms with van der Waals surface area (Å²) in [4.78, 5) is 10.5. The molecule has 1 aromatic heterocycles. The van der Waals surface area contributed by atoms with Gasteiger partial charge in [0.05, 0.1) is 30.1 Å². The molecule has 1 rings (SSSR count). The highest BCUT2D eigenvalue weighted by molar-refractivity contribution is 5.36. The molecule has 0 unspecified atom stereocenters. The van der Waals surface area contributed by atoms with E-state index in [1.807, 2.05) is 25.8 Å². The number of nitriles is 1. The third kappa shape index (κ3) is 2.43. The van der Waals surface area contributed by atoms with Crippen LogP contribution >= 0.6 is 0 Å². The number of nitrogens with zero attached hydrogens (tertiary/aromatic N) is 4. The van der Waals surface area contributed by atoms with Crippen LogP contribution in [0.1, 0.15) is 17.8 Å². The fourth-order valence-electron chi connectivity index (χ4n) is 1.05. The first kappa shape index (κ1) is 10.5. The number of hydrogen-bond donors (Lipinski definition) is 0. The molecule has 0 bridgehead atoms. The number of aryl methyl sites for hydroxylation is 2. The Morgan fingerprint density at radius 3 is 2.71 bits per heavy atom. The molecular formula is C10H14N4. The lowest BCUT2D eigenvalue weighted by Gasteiger charge is -2.16. The first-order valence-electron chi connectivity index (χ1n) is 4.53. The molecule has 74 valence electrons. The van der Waals surface area contributed by atoms with Crippen molar-refractivity contribution < 1.29 is 0 Å². The molecule has 0 N–H and O–H groups in total. The minimum absolute atomic E-state index is 0.505. The Bertz CT molecular complexity index is 354. The zero-order valence-corrected chi connectivity index (χ0v) is 8.78. The third-order valence-electron chi connectivity index (χ3n) is 2.13. The molecule has 0 saturated heterocycles. The Balaban J connectivity index is 2.76. The molecule has 4 nitrogen and oxygen atoms in total. The van der Waals surface area contributed by atoms with Crippen molar-refractivity contribution in [1.82, 2.24) is 9.97 Å². The van der Waals surface area contributed by atoms with Crippen LogP contribution in [0.4, 0.5) is 5.82 Å². The summed E-state index contributed by atoms with van der Waals surface area (Å²) in [5, 5.41) is 8.45. The molecule has 0 fully saturated rings. The van der Waals surface area contributed by atoms with Crippen molar-refractivity contribution in [2.24, 2.45) is 0 Å². The highest BCUT2D eigenvalue weighted by atomic mass is 15.2. The van der Waals surface area contributed by atoms with E-state index in [-0.39, 0.29) is 0 Å². The molecule has 0 aliphatic carbocycles. The normalized spacial score (nSPS) is 9.57. The molecule has 0 radical (unpaired) electrons. The lowest BCUT2D eigenvalue weighted by Crippen LogP contribution is -2.20. The largest absolute Gasteiger partial charge is 0.357 e. The van der Waals surface area contributed by atoms with Crippen molar-refractivity contribution >= 4 is 5.82 Å². The van der Waals surface area contributed by atoms with E-state index in [1.165, 1.54) is 0 Å². The highest BCUT2D eigenvalue weighted by Gasteiger charge is 2.03. The molecule has 1 heterocycles. The van der Waals surface area contributed by atoms with Gasteiger partial charge < -0.3 is 4.90 Å². The fourth-order valence-corrected chi connectivity index (χ4v) is 1.05. The van der Waals surface area contributed by atoms with E-state index >= 15 is 0 Å². The number of rotatable bonds is 3. The van der Waals surface area contributed by atoms with Crippen molar-refractivity contribution in [3.63, 3.8) is 0 Å². The zero-order chi connectivity index (χ0) is 10.6. The van der Waals surface area contributed by atoms with Gasteiger partial charge in [0, 0.05) is 13.6 Å². The van der Waals surface area contributed by atoms with E-state index in [4.69, 9.17) is 5.26 Å². The molecule has 0 atom stereocenters. The van der Waals surface area contributed by atoms with Crippen molar-refractivity contribution in [2.45, 2.75) is 20.3 Å². The summed E-state index contributed by atoms with van der Waals surface area (Å²) in [7, 11) is 1.91. The Hall–Kier alpha value is -1.63. The smallest absolute Gasteiger partial charge is 0.147 e. The lowest BCUT2D eigenvalue weighted by molar-refractivity contribution is 0.867. The summed E-state index contributed by atoms with van der Waals surface area (Å²) in [5.74, 6) is 0.823. The first-order chi connectivity index (χ1) is 6.65. The van der Waals surface area contributed by atoms with Gasteiger partial charge in [0.2, 0.25) is 0 Å². The molecule has 1 aromatic rings. The first-order valence-corrected chi connectivity index (χ1v) is 4.53. The predicted octanol–water partition coefficient (Wildman–Crippen LogP) is 1.44.